The summed E-state index contributed by atoms with van der Waals surface area (Å²) in [4.78, 5) is 2.17. The van der Waals surface area contributed by atoms with E-state index in [9.17, 15) is 0 Å². The van der Waals surface area contributed by atoms with E-state index < -0.39 is 0 Å². The van der Waals surface area contributed by atoms with E-state index in [2.05, 4.69) is 55.5 Å². The van der Waals surface area contributed by atoms with Crippen LogP contribution >= 0.6 is 0 Å². The summed E-state index contributed by atoms with van der Waals surface area (Å²) in [6, 6.07) is 8.77. The molecule has 0 heterocycles. The minimum atomic E-state index is 0.332. The topological polar surface area (TPSA) is 24.5 Å². The van der Waals surface area contributed by atoms with Crippen molar-refractivity contribution in [2.75, 3.05) is 32.6 Å². The van der Waals surface area contributed by atoms with Gasteiger partial charge in [0.2, 0.25) is 0 Å². The molecule has 1 N–H and O–H groups in total. The largest absolute Gasteiger partial charge is 0.380 e. The van der Waals surface area contributed by atoms with E-state index in [0.29, 0.717) is 6.04 Å². The molecule has 3 heteroatoms. The Morgan fingerprint density at radius 1 is 1.29 bits per heavy atom. The summed E-state index contributed by atoms with van der Waals surface area (Å²) in [6.07, 6.45) is 0. The zero-order valence-electron chi connectivity index (χ0n) is 11.4. The van der Waals surface area contributed by atoms with E-state index in [-0.39, 0.29) is 0 Å². The van der Waals surface area contributed by atoms with Crippen LogP contribution in [0.3, 0.4) is 0 Å². The highest BCUT2D eigenvalue weighted by atomic mass is 16.5. The normalized spacial score (nSPS) is 12.8. The van der Waals surface area contributed by atoms with Gasteiger partial charge in [-0.3, -0.25) is 0 Å². The molecule has 96 valence electrons. The lowest BCUT2D eigenvalue weighted by molar-refractivity contribution is 0.141. The predicted octanol–water partition coefficient (Wildman–Crippen LogP) is 2.59. The zero-order valence-corrected chi connectivity index (χ0v) is 11.4. The minimum Gasteiger partial charge on any atom is -0.380 e. The molecule has 3 nitrogen and oxygen atoms in total. The Balaban J connectivity index is 2.62. The monoisotopic (exact) mass is 236 g/mol. The van der Waals surface area contributed by atoms with Gasteiger partial charge in [-0.2, -0.15) is 0 Å². The number of nitrogens with zero attached hydrogens (tertiary/aromatic N) is 1. The predicted molar refractivity (Wildman–Crippen MR) is 73.4 cm³/mol. The molecule has 0 amide bonds. The van der Waals surface area contributed by atoms with Gasteiger partial charge in [0, 0.05) is 24.9 Å². The van der Waals surface area contributed by atoms with Crippen molar-refractivity contribution in [3.8, 4) is 0 Å². The summed E-state index contributed by atoms with van der Waals surface area (Å²) in [6.45, 7) is 6.62. The second-order valence-electron chi connectivity index (χ2n) is 4.60. The maximum Gasteiger partial charge on any atom is 0.0664 e. The molecule has 0 aliphatic heterocycles. The standard InChI is InChI=1S/C14H24N2O/c1-5-17-11-12(2)15-14-9-7-6-8-13(14)10-16(3)4/h6-9,12,15H,5,10-11H2,1-4H3. The van der Waals surface area contributed by atoms with Gasteiger partial charge in [-0.1, -0.05) is 18.2 Å². The fourth-order valence-corrected chi connectivity index (χ4v) is 1.74. The van der Waals surface area contributed by atoms with Crippen LogP contribution in [0.25, 0.3) is 0 Å². The molecule has 0 aliphatic rings. The van der Waals surface area contributed by atoms with Gasteiger partial charge in [0.15, 0.2) is 0 Å². The van der Waals surface area contributed by atoms with Crippen molar-refractivity contribution < 1.29 is 4.74 Å². The van der Waals surface area contributed by atoms with E-state index in [1.807, 2.05) is 6.92 Å². The smallest absolute Gasteiger partial charge is 0.0664 e. The van der Waals surface area contributed by atoms with Gasteiger partial charge in [0.05, 0.1) is 6.61 Å². The summed E-state index contributed by atoms with van der Waals surface area (Å²) in [5, 5.41) is 3.50. The van der Waals surface area contributed by atoms with Gasteiger partial charge in [-0.05, 0) is 39.6 Å². The Labute approximate surface area is 105 Å². The quantitative estimate of drug-likeness (QED) is 0.787. The van der Waals surface area contributed by atoms with E-state index in [1.165, 1.54) is 11.3 Å². The van der Waals surface area contributed by atoms with Crippen LogP contribution in [0.5, 0.6) is 0 Å². The molecule has 1 aromatic carbocycles. The number of anilines is 1. The average Bonchev–Trinajstić information content (AvgIpc) is 2.28. The van der Waals surface area contributed by atoms with Crippen LogP contribution in [-0.2, 0) is 11.3 Å². The Hall–Kier alpha value is -1.06. The molecule has 0 spiro atoms. The number of hydrogen-bond acceptors (Lipinski definition) is 3. The zero-order chi connectivity index (χ0) is 12.7. The first kappa shape index (κ1) is 14.0. The first-order chi connectivity index (χ1) is 8.13. The lowest BCUT2D eigenvalue weighted by atomic mass is 10.1. The van der Waals surface area contributed by atoms with Gasteiger partial charge < -0.3 is 15.0 Å². The van der Waals surface area contributed by atoms with E-state index >= 15 is 0 Å². The van der Waals surface area contributed by atoms with Crippen LogP contribution in [0.15, 0.2) is 24.3 Å². The second-order valence-corrected chi connectivity index (χ2v) is 4.60. The fourth-order valence-electron chi connectivity index (χ4n) is 1.74. The highest BCUT2D eigenvalue weighted by molar-refractivity contribution is 5.51. The van der Waals surface area contributed by atoms with Crippen molar-refractivity contribution in [3.63, 3.8) is 0 Å². The van der Waals surface area contributed by atoms with Crippen molar-refractivity contribution in [1.82, 2.24) is 4.90 Å². The van der Waals surface area contributed by atoms with Gasteiger partial charge in [0.1, 0.15) is 0 Å². The van der Waals surface area contributed by atoms with E-state index in [1.54, 1.807) is 0 Å². The highest BCUT2D eigenvalue weighted by Gasteiger charge is 2.06. The molecule has 1 aromatic rings. The van der Waals surface area contributed by atoms with Crippen LogP contribution in [0.4, 0.5) is 5.69 Å². The first-order valence-electron chi connectivity index (χ1n) is 6.20. The molecule has 0 fully saturated rings. The van der Waals surface area contributed by atoms with Crippen molar-refractivity contribution in [2.24, 2.45) is 0 Å². The van der Waals surface area contributed by atoms with E-state index in [4.69, 9.17) is 4.74 Å². The Bertz CT molecular complexity index is 326. The molecule has 0 saturated carbocycles. The molecule has 0 bridgehead atoms. The molecule has 0 aromatic heterocycles. The Morgan fingerprint density at radius 3 is 2.65 bits per heavy atom. The molecule has 17 heavy (non-hydrogen) atoms. The molecular weight excluding hydrogens is 212 g/mol. The first-order valence-corrected chi connectivity index (χ1v) is 6.20. The SMILES string of the molecule is CCOCC(C)Nc1ccccc1CN(C)C. The molecule has 0 saturated heterocycles. The molecular formula is C14H24N2O. The van der Waals surface area contributed by atoms with Crippen molar-refractivity contribution >= 4 is 5.69 Å². The maximum absolute atomic E-state index is 5.42. The lowest BCUT2D eigenvalue weighted by Gasteiger charge is -2.19. The van der Waals surface area contributed by atoms with Crippen LogP contribution in [0, 0.1) is 0 Å². The van der Waals surface area contributed by atoms with Crippen molar-refractivity contribution in [1.29, 1.82) is 0 Å². The maximum atomic E-state index is 5.42. The minimum absolute atomic E-state index is 0.332. The summed E-state index contributed by atoms with van der Waals surface area (Å²) in [7, 11) is 4.17. The summed E-state index contributed by atoms with van der Waals surface area (Å²) in [5.41, 5.74) is 2.52. The van der Waals surface area contributed by atoms with Gasteiger partial charge in [0.25, 0.3) is 0 Å². The van der Waals surface area contributed by atoms with Crippen molar-refractivity contribution in [2.45, 2.75) is 26.4 Å². The average molecular weight is 236 g/mol. The molecule has 0 aliphatic carbocycles. The summed E-state index contributed by atoms with van der Waals surface area (Å²) in [5.74, 6) is 0. The van der Waals surface area contributed by atoms with Gasteiger partial charge >= 0.3 is 0 Å². The fraction of sp³-hybridized carbons (Fsp3) is 0.571. The van der Waals surface area contributed by atoms with Crippen LogP contribution < -0.4 is 5.32 Å². The number of nitrogens with one attached hydrogen (secondary N) is 1. The third kappa shape index (κ3) is 5.20. The van der Waals surface area contributed by atoms with Crippen LogP contribution in [0.1, 0.15) is 19.4 Å². The summed E-state index contributed by atoms with van der Waals surface area (Å²) < 4.78 is 5.42. The third-order valence-electron chi connectivity index (χ3n) is 2.48. The molecule has 1 unspecified atom stereocenters. The number of benzene rings is 1. The highest BCUT2D eigenvalue weighted by Crippen LogP contribution is 2.17. The Kier molecular flexibility index (Phi) is 6.01. The van der Waals surface area contributed by atoms with Crippen molar-refractivity contribution in [3.05, 3.63) is 29.8 Å². The molecule has 0 radical (unpaired) electrons. The Morgan fingerprint density at radius 2 is 2.00 bits per heavy atom. The number of rotatable bonds is 7. The van der Waals surface area contributed by atoms with Gasteiger partial charge in [-0.15, -0.1) is 0 Å². The third-order valence-corrected chi connectivity index (χ3v) is 2.48. The van der Waals surface area contributed by atoms with Gasteiger partial charge in [-0.25, -0.2) is 0 Å². The second kappa shape index (κ2) is 7.30. The lowest BCUT2D eigenvalue weighted by Crippen LogP contribution is -2.23. The molecule has 1 rings (SSSR count). The van der Waals surface area contributed by atoms with Crippen LogP contribution in [-0.4, -0.2) is 38.3 Å². The summed E-state index contributed by atoms with van der Waals surface area (Å²) >= 11 is 0. The number of para-hydroxylation sites is 1. The number of ether oxygens (including phenoxy) is 1. The van der Waals surface area contributed by atoms with E-state index in [0.717, 1.165) is 19.8 Å². The van der Waals surface area contributed by atoms with Crippen LogP contribution in [0.2, 0.25) is 0 Å². The molecule has 1 atom stereocenters. The number of hydrogen-bond donors (Lipinski definition) is 1.